The fraction of sp³-hybridized carbons (Fsp3) is 0.227. The number of hydrogen-bond donors (Lipinski definition) is 3. The summed E-state index contributed by atoms with van der Waals surface area (Å²) >= 11 is 4.48. The first-order valence-corrected chi connectivity index (χ1v) is 10.2. The largest absolute Gasteiger partial charge is 0.497 e. The lowest BCUT2D eigenvalue weighted by Crippen LogP contribution is -2.42. The van der Waals surface area contributed by atoms with Crippen molar-refractivity contribution in [3.63, 3.8) is 0 Å². The molecule has 1 aromatic heterocycles. The molecule has 1 fully saturated rings. The molecule has 0 unspecified atom stereocenters. The maximum atomic E-state index is 14.7. The van der Waals surface area contributed by atoms with Gasteiger partial charge < -0.3 is 15.0 Å². The minimum atomic E-state index is -0.599. The van der Waals surface area contributed by atoms with Gasteiger partial charge in [0.2, 0.25) is 0 Å². The molecule has 1 saturated heterocycles. The van der Waals surface area contributed by atoms with E-state index in [4.69, 9.17) is 10.1 Å². The molecule has 0 aliphatic carbocycles. The number of aryl methyl sites for hydroxylation is 1. The Kier molecular flexibility index (Phi) is 5.69. The number of carbonyl (C=O) groups excluding carboxylic acids is 1. The quantitative estimate of drug-likeness (QED) is 0.320. The van der Waals surface area contributed by atoms with Crippen molar-refractivity contribution in [2.24, 2.45) is 0 Å². The first-order chi connectivity index (χ1) is 14.9. The summed E-state index contributed by atoms with van der Waals surface area (Å²) in [6, 6.07) is 11.2. The zero-order valence-electron chi connectivity index (χ0n) is 17.1. The predicted octanol–water partition coefficient (Wildman–Crippen LogP) is 3.90. The number of anilines is 1. The highest BCUT2D eigenvalue weighted by Gasteiger charge is 2.21. The Morgan fingerprint density at radius 1 is 1.23 bits per heavy atom. The molecule has 31 heavy (non-hydrogen) atoms. The molecule has 0 saturated carbocycles. The van der Waals surface area contributed by atoms with Gasteiger partial charge in [0, 0.05) is 23.5 Å². The number of benzene rings is 2. The molecule has 2 aromatic carbocycles. The molecule has 3 aromatic rings. The fourth-order valence-electron chi connectivity index (χ4n) is 3.33. The first kappa shape index (κ1) is 20.9. The van der Waals surface area contributed by atoms with Crippen molar-refractivity contribution in [1.29, 1.82) is 5.41 Å². The molecule has 2 N–H and O–H groups in total. The highest BCUT2D eigenvalue weighted by Crippen LogP contribution is 2.26. The lowest BCUT2D eigenvalue weighted by atomic mass is 10.1. The van der Waals surface area contributed by atoms with Gasteiger partial charge in [-0.1, -0.05) is 0 Å². The second-order valence-corrected chi connectivity index (χ2v) is 7.76. The summed E-state index contributed by atoms with van der Waals surface area (Å²) in [4.78, 5) is 15.4. The Balaban J connectivity index is 1.59. The monoisotopic (exact) mass is 439 g/mol. The number of amidine groups is 1. The molecule has 0 atom stereocenters. The van der Waals surface area contributed by atoms with Crippen LogP contribution in [0.2, 0.25) is 0 Å². The molecular weight excluding hydrogens is 417 g/mol. The van der Waals surface area contributed by atoms with E-state index in [1.807, 2.05) is 4.90 Å². The molecule has 1 aliphatic rings. The normalized spacial score (nSPS) is 13.0. The molecule has 1 amide bonds. The summed E-state index contributed by atoms with van der Waals surface area (Å²) in [5.41, 5.74) is 1.99. The highest BCUT2D eigenvalue weighted by atomic mass is 32.1. The van der Waals surface area contributed by atoms with Gasteiger partial charge in [0.25, 0.3) is 5.91 Å². The van der Waals surface area contributed by atoms with Gasteiger partial charge in [0.05, 0.1) is 24.2 Å². The van der Waals surface area contributed by atoms with Crippen molar-refractivity contribution >= 4 is 30.1 Å². The van der Waals surface area contributed by atoms with Crippen LogP contribution in [0, 0.1) is 18.2 Å². The Hall–Kier alpha value is -3.33. The van der Waals surface area contributed by atoms with Crippen LogP contribution in [0.4, 0.5) is 10.1 Å². The van der Waals surface area contributed by atoms with Crippen LogP contribution >= 0.6 is 12.6 Å². The second kappa shape index (κ2) is 8.43. The van der Waals surface area contributed by atoms with E-state index in [9.17, 15) is 9.18 Å². The van der Waals surface area contributed by atoms with Gasteiger partial charge in [-0.2, -0.15) is 5.10 Å². The lowest BCUT2D eigenvalue weighted by molar-refractivity contribution is 0.101. The van der Waals surface area contributed by atoms with Gasteiger partial charge in [0.15, 0.2) is 0 Å². The van der Waals surface area contributed by atoms with Crippen molar-refractivity contribution < 1.29 is 13.9 Å². The van der Waals surface area contributed by atoms with Crippen LogP contribution < -0.4 is 10.1 Å². The Morgan fingerprint density at radius 2 is 2.00 bits per heavy atom. The van der Waals surface area contributed by atoms with Crippen LogP contribution in [0.1, 0.15) is 28.2 Å². The van der Waals surface area contributed by atoms with E-state index < -0.39 is 11.7 Å². The number of thiol groups is 1. The van der Waals surface area contributed by atoms with E-state index in [1.54, 1.807) is 44.4 Å². The third-order valence-corrected chi connectivity index (χ3v) is 5.50. The van der Waals surface area contributed by atoms with Crippen LogP contribution in [-0.2, 0) is 0 Å². The number of methoxy groups -OCH3 is 1. The van der Waals surface area contributed by atoms with Gasteiger partial charge >= 0.3 is 0 Å². The van der Waals surface area contributed by atoms with Crippen LogP contribution in [-0.4, -0.2) is 46.6 Å². The summed E-state index contributed by atoms with van der Waals surface area (Å²) in [7, 11) is 1.56. The topological polar surface area (TPSA) is 83.2 Å². The zero-order chi connectivity index (χ0) is 22.1. The van der Waals surface area contributed by atoms with Crippen molar-refractivity contribution in [3.8, 4) is 11.4 Å². The standard InChI is InChI=1S/C22H22FN5O2S/c1-13-10-19(28(26-13)18-7-5-15(30-2)12-20(18)31)22(29)25-17-6-4-14(11-16(17)23)21(24)27-8-3-9-27/h4-7,10-12,24,31H,3,8-9H2,1-2H3,(H,25,29). The van der Waals surface area contributed by atoms with Crippen molar-refractivity contribution in [1.82, 2.24) is 14.7 Å². The molecule has 9 heteroatoms. The molecule has 2 heterocycles. The fourth-order valence-corrected chi connectivity index (χ4v) is 3.62. The molecule has 160 valence electrons. The number of halogens is 1. The third kappa shape index (κ3) is 4.13. The molecule has 0 radical (unpaired) electrons. The van der Waals surface area contributed by atoms with E-state index in [1.165, 1.54) is 16.8 Å². The maximum absolute atomic E-state index is 14.7. The number of rotatable bonds is 5. The summed E-state index contributed by atoms with van der Waals surface area (Å²) in [6.07, 6.45) is 1.04. The summed E-state index contributed by atoms with van der Waals surface area (Å²) in [6.45, 7) is 3.38. The van der Waals surface area contributed by atoms with E-state index in [-0.39, 0.29) is 17.2 Å². The summed E-state index contributed by atoms with van der Waals surface area (Å²) in [5, 5.41) is 15.2. The predicted molar refractivity (Wildman–Crippen MR) is 119 cm³/mol. The minimum Gasteiger partial charge on any atom is -0.497 e. The van der Waals surface area contributed by atoms with Crippen molar-refractivity contribution in [2.75, 3.05) is 25.5 Å². The van der Waals surface area contributed by atoms with E-state index >= 15 is 0 Å². The van der Waals surface area contributed by atoms with Crippen LogP contribution in [0.15, 0.2) is 47.4 Å². The van der Waals surface area contributed by atoms with E-state index in [0.29, 0.717) is 27.6 Å². The van der Waals surface area contributed by atoms with Gasteiger partial charge in [-0.05, 0) is 55.8 Å². The van der Waals surface area contributed by atoms with Gasteiger partial charge in [-0.3, -0.25) is 10.2 Å². The average Bonchev–Trinajstić information content (AvgIpc) is 3.09. The SMILES string of the molecule is COc1ccc(-n2nc(C)cc2C(=O)Nc2ccc(C(=N)N3CCC3)cc2F)c(S)c1. The molecule has 0 spiro atoms. The molecule has 4 rings (SSSR count). The van der Waals surface area contributed by atoms with E-state index in [0.717, 1.165) is 19.5 Å². The number of hydrogen-bond acceptors (Lipinski definition) is 5. The number of carbonyl (C=O) groups is 1. The van der Waals surface area contributed by atoms with E-state index in [2.05, 4.69) is 23.0 Å². The molecule has 0 bridgehead atoms. The van der Waals surface area contributed by atoms with Crippen molar-refractivity contribution in [2.45, 2.75) is 18.2 Å². The van der Waals surface area contributed by atoms with Crippen LogP contribution in [0.25, 0.3) is 5.69 Å². The Morgan fingerprint density at radius 3 is 2.61 bits per heavy atom. The number of ether oxygens (including phenoxy) is 1. The minimum absolute atomic E-state index is 0.0383. The third-order valence-electron chi connectivity index (χ3n) is 5.14. The number of likely N-dealkylation sites (tertiary alicyclic amines) is 1. The van der Waals surface area contributed by atoms with Gasteiger partial charge in [-0.25, -0.2) is 9.07 Å². The number of nitrogens with one attached hydrogen (secondary N) is 2. The summed E-state index contributed by atoms with van der Waals surface area (Å²) in [5.74, 6) is -0.181. The Labute approximate surface area is 184 Å². The zero-order valence-corrected chi connectivity index (χ0v) is 18.0. The number of nitrogens with zero attached hydrogens (tertiary/aromatic N) is 3. The Bertz CT molecular complexity index is 1170. The van der Waals surface area contributed by atoms with Crippen LogP contribution in [0.3, 0.4) is 0 Å². The lowest BCUT2D eigenvalue weighted by Gasteiger charge is -2.33. The van der Waals surface area contributed by atoms with Gasteiger partial charge in [0.1, 0.15) is 23.1 Å². The smallest absolute Gasteiger partial charge is 0.274 e. The number of aromatic nitrogens is 2. The first-order valence-electron chi connectivity index (χ1n) is 9.76. The summed E-state index contributed by atoms with van der Waals surface area (Å²) < 4.78 is 21.3. The highest BCUT2D eigenvalue weighted by molar-refractivity contribution is 7.80. The molecule has 7 nitrogen and oxygen atoms in total. The van der Waals surface area contributed by atoms with Crippen molar-refractivity contribution in [3.05, 3.63) is 65.2 Å². The average molecular weight is 440 g/mol. The number of amides is 1. The molecular formula is C22H22FN5O2S. The second-order valence-electron chi connectivity index (χ2n) is 7.28. The molecule has 1 aliphatic heterocycles. The maximum Gasteiger partial charge on any atom is 0.274 e. The van der Waals surface area contributed by atoms with Crippen LogP contribution in [0.5, 0.6) is 5.75 Å². The van der Waals surface area contributed by atoms with Gasteiger partial charge in [-0.15, -0.1) is 12.6 Å².